The fourth-order valence-electron chi connectivity index (χ4n) is 1.12. The molecule has 1 amide bonds. The quantitative estimate of drug-likeness (QED) is 0.862. The molecule has 3 nitrogen and oxygen atoms in total. The molecule has 0 aromatic heterocycles. The predicted octanol–water partition coefficient (Wildman–Crippen LogP) is 1.48. The summed E-state index contributed by atoms with van der Waals surface area (Å²) in [6.07, 6.45) is 0. The van der Waals surface area contributed by atoms with Crippen LogP contribution in [-0.2, 0) is 0 Å². The van der Waals surface area contributed by atoms with Gasteiger partial charge in [-0.05, 0) is 24.6 Å². The summed E-state index contributed by atoms with van der Waals surface area (Å²) in [5, 5.41) is 11.2. The smallest absolute Gasteiger partial charge is 0.251 e. The molecule has 0 saturated carbocycles. The van der Waals surface area contributed by atoms with Crippen LogP contribution in [0, 0.1) is 6.92 Å². The molecule has 0 fully saturated rings. The lowest BCUT2D eigenvalue weighted by molar-refractivity contribution is 0.0944. The van der Waals surface area contributed by atoms with Crippen LogP contribution in [-0.4, -0.2) is 24.2 Å². The number of halogens is 1. The third kappa shape index (κ3) is 2.56. The summed E-state index contributed by atoms with van der Waals surface area (Å²) in [6, 6.07) is 5.45. The van der Waals surface area contributed by atoms with Crippen LogP contribution in [0.5, 0.6) is 0 Å². The van der Waals surface area contributed by atoms with E-state index in [-0.39, 0.29) is 19.1 Å². The van der Waals surface area contributed by atoms with Gasteiger partial charge in [-0.3, -0.25) is 4.79 Å². The molecule has 0 bridgehead atoms. The molecule has 14 heavy (non-hydrogen) atoms. The summed E-state index contributed by atoms with van der Waals surface area (Å²) in [4.78, 5) is 11.5. The van der Waals surface area contributed by atoms with E-state index in [2.05, 4.69) is 21.2 Å². The number of aliphatic hydroxyl groups excluding tert-OH is 1. The monoisotopic (exact) mass is 257 g/mol. The van der Waals surface area contributed by atoms with Crippen molar-refractivity contribution < 1.29 is 9.90 Å². The van der Waals surface area contributed by atoms with Gasteiger partial charge < -0.3 is 10.4 Å². The molecule has 4 heteroatoms. The lowest BCUT2D eigenvalue weighted by atomic mass is 10.1. The number of hydrogen-bond donors (Lipinski definition) is 2. The van der Waals surface area contributed by atoms with Crippen LogP contribution < -0.4 is 5.32 Å². The second-order valence-corrected chi connectivity index (χ2v) is 3.75. The van der Waals surface area contributed by atoms with Gasteiger partial charge in [-0.15, -0.1) is 0 Å². The Hall–Kier alpha value is -0.870. The first kappa shape index (κ1) is 11.2. The van der Waals surface area contributed by atoms with Gasteiger partial charge >= 0.3 is 0 Å². The minimum atomic E-state index is -0.155. The van der Waals surface area contributed by atoms with Gasteiger partial charge in [0, 0.05) is 16.6 Å². The molecule has 1 rings (SSSR count). The number of benzene rings is 1. The Balaban J connectivity index is 2.84. The predicted molar refractivity (Wildman–Crippen MR) is 58.3 cm³/mol. The molecule has 0 spiro atoms. The number of aliphatic hydroxyl groups is 1. The van der Waals surface area contributed by atoms with Gasteiger partial charge in [-0.1, -0.05) is 22.0 Å². The first-order chi connectivity index (χ1) is 6.66. The lowest BCUT2D eigenvalue weighted by Gasteiger charge is -2.07. The molecule has 0 aliphatic heterocycles. The highest BCUT2D eigenvalue weighted by Crippen LogP contribution is 2.19. The first-order valence-electron chi connectivity index (χ1n) is 4.31. The number of carbonyl (C=O) groups excluding carboxylic acids is 1. The summed E-state index contributed by atoms with van der Waals surface area (Å²) in [6.45, 7) is 2.11. The average molecular weight is 258 g/mol. The van der Waals surface area contributed by atoms with Crippen molar-refractivity contribution in [2.45, 2.75) is 6.92 Å². The van der Waals surface area contributed by atoms with Crippen molar-refractivity contribution in [3.05, 3.63) is 33.8 Å². The number of rotatable bonds is 3. The lowest BCUT2D eigenvalue weighted by Crippen LogP contribution is -2.27. The molecule has 2 N–H and O–H groups in total. The minimum Gasteiger partial charge on any atom is -0.395 e. The topological polar surface area (TPSA) is 49.3 Å². The number of hydrogen-bond acceptors (Lipinski definition) is 2. The van der Waals surface area contributed by atoms with E-state index >= 15 is 0 Å². The van der Waals surface area contributed by atoms with E-state index in [9.17, 15) is 4.79 Å². The Morgan fingerprint density at radius 1 is 1.57 bits per heavy atom. The van der Waals surface area contributed by atoms with Crippen molar-refractivity contribution in [2.24, 2.45) is 0 Å². The van der Waals surface area contributed by atoms with Gasteiger partial charge in [0.05, 0.1) is 6.61 Å². The van der Waals surface area contributed by atoms with Crippen molar-refractivity contribution in [1.82, 2.24) is 5.32 Å². The Kier molecular flexibility index (Phi) is 4.10. The van der Waals surface area contributed by atoms with E-state index < -0.39 is 0 Å². The number of carbonyl (C=O) groups is 1. The molecule has 76 valence electrons. The van der Waals surface area contributed by atoms with Crippen molar-refractivity contribution in [3.63, 3.8) is 0 Å². The Bertz CT molecular complexity index is 339. The van der Waals surface area contributed by atoms with Crippen LogP contribution in [0.3, 0.4) is 0 Å². The average Bonchev–Trinajstić information content (AvgIpc) is 2.18. The van der Waals surface area contributed by atoms with Crippen molar-refractivity contribution in [2.75, 3.05) is 13.2 Å². The van der Waals surface area contributed by atoms with Gasteiger partial charge in [0.1, 0.15) is 0 Å². The molecule has 1 aromatic rings. The fraction of sp³-hybridized carbons (Fsp3) is 0.300. The third-order valence-corrected chi connectivity index (χ3v) is 2.77. The van der Waals surface area contributed by atoms with Gasteiger partial charge in [0.15, 0.2) is 0 Å². The van der Waals surface area contributed by atoms with E-state index in [0.29, 0.717) is 5.56 Å². The van der Waals surface area contributed by atoms with Crippen molar-refractivity contribution >= 4 is 21.8 Å². The highest BCUT2D eigenvalue weighted by molar-refractivity contribution is 9.10. The van der Waals surface area contributed by atoms with Crippen molar-refractivity contribution in [3.8, 4) is 0 Å². The Labute approximate surface area is 91.3 Å². The summed E-state index contributed by atoms with van der Waals surface area (Å²) in [7, 11) is 0. The van der Waals surface area contributed by atoms with E-state index in [1.165, 1.54) is 0 Å². The highest BCUT2D eigenvalue weighted by Gasteiger charge is 2.09. The molecule has 0 atom stereocenters. The van der Waals surface area contributed by atoms with Gasteiger partial charge in [0.2, 0.25) is 0 Å². The number of nitrogens with one attached hydrogen (secondary N) is 1. The van der Waals surface area contributed by atoms with Gasteiger partial charge in [-0.25, -0.2) is 0 Å². The van der Waals surface area contributed by atoms with Crippen LogP contribution in [0.2, 0.25) is 0 Å². The van der Waals surface area contributed by atoms with Crippen LogP contribution >= 0.6 is 15.9 Å². The molecule has 0 saturated heterocycles. The SMILES string of the molecule is Cc1c(Br)cccc1C(=O)NCCO. The van der Waals surface area contributed by atoms with Gasteiger partial charge in [-0.2, -0.15) is 0 Å². The normalized spacial score (nSPS) is 9.93. The maximum atomic E-state index is 11.5. The summed E-state index contributed by atoms with van der Waals surface area (Å²) in [5.41, 5.74) is 1.54. The summed E-state index contributed by atoms with van der Waals surface area (Å²) >= 11 is 3.35. The maximum absolute atomic E-state index is 11.5. The molecular weight excluding hydrogens is 246 g/mol. The largest absolute Gasteiger partial charge is 0.395 e. The Morgan fingerprint density at radius 3 is 2.93 bits per heavy atom. The van der Waals surface area contributed by atoms with Crippen LogP contribution in [0.15, 0.2) is 22.7 Å². The third-order valence-electron chi connectivity index (χ3n) is 1.91. The maximum Gasteiger partial charge on any atom is 0.251 e. The second kappa shape index (κ2) is 5.12. The second-order valence-electron chi connectivity index (χ2n) is 2.89. The molecule has 0 heterocycles. The zero-order valence-electron chi connectivity index (χ0n) is 7.88. The standard InChI is InChI=1S/C10H12BrNO2/c1-7-8(3-2-4-9(7)11)10(14)12-5-6-13/h2-4,13H,5-6H2,1H3,(H,12,14). The van der Waals surface area contributed by atoms with Gasteiger partial charge in [0.25, 0.3) is 5.91 Å². The summed E-state index contributed by atoms with van der Waals surface area (Å²) in [5.74, 6) is -0.155. The van der Waals surface area contributed by atoms with Crippen LogP contribution in [0.4, 0.5) is 0 Å². The van der Waals surface area contributed by atoms with E-state index in [0.717, 1.165) is 10.0 Å². The van der Waals surface area contributed by atoms with E-state index in [1.54, 1.807) is 6.07 Å². The van der Waals surface area contributed by atoms with Crippen LogP contribution in [0.25, 0.3) is 0 Å². The van der Waals surface area contributed by atoms with Crippen LogP contribution in [0.1, 0.15) is 15.9 Å². The van der Waals surface area contributed by atoms with E-state index in [4.69, 9.17) is 5.11 Å². The molecule has 0 aliphatic rings. The molecule has 0 aliphatic carbocycles. The fourth-order valence-corrected chi connectivity index (χ4v) is 1.48. The summed E-state index contributed by atoms with van der Waals surface area (Å²) < 4.78 is 0.911. The van der Waals surface area contributed by atoms with E-state index in [1.807, 2.05) is 19.1 Å². The first-order valence-corrected chi connectivity index (χ1v) is 5.10. The highest BCUT2D eigenvalue weighted by atomic mass is 79.9. The molecule has 0 radical (unpaired) electrons. The Morgan fingerprint density at radius 2 is 2.29 bits per heavy atom. The molecular formula is C10H12BrNO2. The van der Waals surface area contributed by atoms with Crippen molar-refractivity contribution in [1.29, 1.82) is 0 Å². The molecule has 0 unspecified atom stereocenters. The number of amides is 1. The molecule has 1 aromatic carbocycles. The minimum absolute atomic E-state index is 0.0429. The zero-order valence-corrected chi connectivity index (χ0v) is 9.47. The zero-order chi connectivity index (χ0) is 10.6.